The minimum Gasteiger partial charge on any atom is -0.466 e. The van der Waals surface area contributed by atoms with Gasteiger partial charge in [-0.3, -0.25) is 9.89 Å². The number of rotatable bonds is 13. The van der Waals surface area contributed by atoms with Crippen LogP contribution >= 0.6 is 0 Å². The van der Waals surface area contributed by atoms with Gasteiger partial charge in [0, 0.05) is 35.5 Å². The number of carbonyl (C=O) groups excluding carboxylic acids is 1. The van der Waals surface area contributed by atoms with Crippen molar-refractivity contribution in [2.75, 3.05) is 18.5 Å². The van der Waals surface area contributed by atoms with Crippen molar-refractivity contribution in [1.29, 1.82) is 0 Å². The fourth-order valence-corrected chi connectivity index (χ4v) is 3.66. The number of halogens is 1. The zero-order valence-corrected chi connectivity index (χ0v) is 18.1. The van der Waals surface area contributed by atoms with Crippen LogP contribution in [0.25, 0.3) is 0 Å². The number of H-pyrrole nitrogens is 1. The molecule has 1 saturated carbocycles. The van der Waals surface area contributed by atoms with Crippen LogP contribution in [-0.2, 0) is 16.0 Å². The summed E-state index contributed by atoms with van der Waals surface area (Å²) in [6.45, 7) is 0.346. The summed E-state index contributed by atoms with van der Waals surface area (Å²) in [5.41, 5.74) is 2.69. The van der Waals surface area contributed by atoms with Crippen LogP contribution in [0, 0.1) is 5.82 Å². The van der Waals surface area contributed by atoms with Gasteiger partial charge in [-0.25, -0.2) is 14.4 Å². The lowest BCUT2D eigenvalue weighted by atomic mass is 10.0. The highest BCUT2D eigenvalue weighted by Gasteiger charge is 2.25. The van der Waals surface area contributed by atoms with Crippen molar-refractivity contribution in [3.05, 3.63) is 65.5 Å². The minimum atomic E-state index is -0.422. The highest BCUT2D eigenvalue weighted by atomic mass is 19.1. The van der Waals surface area contributed by atoms with E-state index < -0.39 is 6.04 Å². The second kappa shape index (κ2) is 11.0. The van der Waals surface area contributed by atoms with E-state index >= 15 is 0 Å². The molecule has 0 radical (unpaired) electrons. The average molecular weight is 455 g/mol. The number of carbonyl (C=O) groups is 1. The van der Waals surface area contributed by atoms with Crippen LogP contribution < -0.4 is 10.6 Å². The van der Waals surface area contributed by atoms with Gasteiger partial charge in [0.1, 0.15) is 24.6 Å². The van der Waals surface area contributed by atoms with Crippen molar-refractivity contribution in [2.24, 2.45) is 0 Å². The Labute approximate surface area is 190 Å². The summed E-state index contributed by atoms with van der Waals surface area (Å²) in [5.74, 6) is 1.60. The SMILES string of the molecule is O=COCC(CCc1cc(Nc2cc(C3CC3)[nH]n2)ncn1)NC(CO)c1ccc(F)cc1. The molecule has 10 heteroatoms. The number of aromatic amines is 1. The Bertz CT molecular complexity index is 1040. The predicted molar refractivity (Wildman–Crippen MR) is 119 cm³/mol. The molecule has 0 bridgehead atoms. The maximum atomic E-state index is 13.2. The van der Waals surface area contributed by atoms with E-state index in [9.17, 15) is 14.3 Å². The first-order valence-electron chi connectivity index (χ1n) is 11.0. The molecule has 1 aliphatic rings. The van der Waals surface area contributed by atoms with E-state index in [0.717, 1.165) is 17.0 Å². The largest absolute Gasteiger partial charge is 0.466 e. The molecule has 0 spiro atoms. The van der Waals surface area contributed by atoms with Gasteiger partial charge in [-0.2, -0.15) is 5.10 Å². The van der Waals surface area contributed by atoms with Crippen LogP contribution in [0.4, 0.5) is 16.0 Å². The third kappa shape index (κ3) is 6.56. The Morgan fingerprint density at radius 1 is 1.21 bits per heavy atom. The summed E-state index contributed by atoms with van der Waals surface area (Å²) in [6, 6.07) is 9.12. The standard InChI is InChI=1S/C23H27FN6O3/c24-17-5-3-16(4-6-17)21(11-31)27-19(12-33-14-32)8-7-18-9-22(26-13-25-18)28-23-10-20(29-30-23)15-1-2-15/h3-6,9-10,13-15,19,21,27,31H,1-2,7-8,11-12H2,(H2,25,26,28,29,30). The summed E-state index contributed by atoms with van der Waals surface area (Å²) >= 11 is 0. The molecule has 9 nitrogen and oxygen atoms in total. The van der Waals surface area contributed by atoms with Crippen LogP contribution in [-0.4, -0.2) is 51.0 Å². The summed E-state index contributed by atoms with van der Waals surface area (Å²) < 4.78 is 18.2. The molecular formula is C23H27FN6O3. The van der Waals surface area contributed by atoms with Crippen molar-refractivity contribution >= 4 is 18.1 Å². The molecule has 0 saturated heterocycles. The van der Waals surface area contributed by atoms with Crippen LogP contribution in [0.2, 0.25) is 0 Å². The molecule has 2 aromatic heterocycles. The number of hydrogen-bond donors (Lipinski definition) is 4. The van der Waals surface area contributed by atoms with E-state index in [-0.39, 0.29) is 25.1 Å². The Morgan fingerprint density at radius 3 is 2.76 bits per heavy atom. The fourth-order valence-electron chi connectivity index (χ4n) is 3.66. The highest BCUT2D eigenvalue weighted by Crippen LogP contribution is 2.39. The van der Waals surface area contributed by atoms with Crippen LogP contribution in [0.3, 0.4) is 0 Å². The lowest BCUT2D eigenvalue weighted by molar-refractivity contribution is -0.129. The van der Waals surface area contributed by atoms with Gasteiger partial charge < -0.3 is 20.5 Å². The van der Waals surface area contributed by atoms with Crippen LogP contribution in [0.1, 0.15) is 48.2 Å². The number of benzene rings is 1. The Hall–Kier alpha value is -3.37. The molecule has 4 rings (SSSR count). The van der Waals surface area contributed by atoms with Gasteiger partial charge in [0.15, 0.2) is 5.82 Å². The lowest BCUT2D eigenvalue weighted by Gasteiger charge is -2.24. The maximum Gasteiger partial charge on any atom is 0.293 e. The van der Waals surface area contributed by atoms with Crippen LogP contribution in [0.15, 0.2) is 42.7 Å². The summed E-state index contributed by atoms with van der Waals surface area (Å²) in [4.78, 5) is 19.3. The van der Waals surface area contributed by atoms with Crippen molar-refractivity contribution in [1.82, 2.24) is 25.5 Å². The number of aromatic nitrogens is 4. The molecular weight excluding hydrogens is 427 g/mol. The third-order valence-electron chi connectivity index (χ3n) is 5.60. The molecule has 174 valence electrons. The molecule has 33 heavy (non-hydrogen) atoms. The minimum absolute atomic E-state index is 0.134. The highest BCUT2D eigenvalue weighted by molar-refractivity contribution is 5.52. The number of hydrogen-bond acceptors (Lipinski definition) is 8. The number of nitrogens with zero attached hydrogens (tertiary/aromatic N) is 3. The number of aliphatic hydroxyl groups is 1. The van der Waals surface area contributed by atoms with Gasteiger partial charge in [-0.05, 0) is 43.4 Å². The Kier molecular flexibility index (Phi) is 7.59. The number of nitrogens with one attached hydrogen (secondary N) is 3. The number of anilines is 2. The zero-order chi connectivity index (χ0) is 23.0. The molecule has 1 aliphatic carbocycles. The topological polar surface area (TPSA) is 125 Å². The van der Waals surface area contributed by atoms with Gasteiger partial charge in [-0.1, -0.05) is 12.1 Å². The second-order valence-electron chi connectivity index (χ2n) is 8.12. The molecule has 2 unspecified atom stereocenters. The summed E-state index contributed by atoms with van der Waals surface area (Å²) in [6.07, 6.45) is 5.06. The lowest BCUT2D eigenvalue weighted by Crippen LogP contribution is -2.38. The molecule has 1 fully saturated rings. The number of ether oxygens (including phenoxy) is 1. The van der Waals surface area contributed by atoms with E-state index in [1.54, 1.807) is 12.1 Å². The predicted octanol–water partition coefficient (Wildman–Crippen LogP) is 2.76. The quantitative estimate of drug-likeness (QED) is 0.291. The smallest absolute Gasteiger partial charge is 0.293 e. The first kappa shape index (κ1) is 22.8. The summed E-state index contributed by atoms with van der Waals surface area (Å²) in [5, 5.41) is 23.6. The summed E-state index contributed by atoms with van der Waals surface area (Å²) in [7, 11) is 0. The number of aryl methyl sites for hydroxylation is 1. The van der Waals surface area contributed by atoms with Gasteiger partial charge in [0.05, 0.1) is 12.6 Å². The maximum absolute atomic E-state index is 13.2. The van der Waals surface area contributed by atoms with Gasteiger partial charge in [0.2, 0.25) is 0 Å². The molecule has 2 heterocycles. The molecule has 1 aromatic carbocycles. The average Bonchev–Trinajstić information content (AvgIpc) is 3.58. The normalized spacial score (nSPS) is 15.1. The van der Waals surface area contributed by atoms with Gasteiger partial charge in [-0.15, -0.1) is 0 Å². The van der Waals surface area contributed by atoms with Crippen molar-refractivity contribution < 1.29 is 19.0 Å². The molecule has 3 aromatic rings. The Balaban J connectivity index is 1.36. The van der Waals surface area contributed by atoms with Gasteiger partial charge in [0.25, 0.3) is 6.47 Å². The molecule has 4 N–H and O–H groups in total. The monoisotopic (exact) mass is 454 g/mol. The fraction of sp³-hybridized carbons (Fsp3) is 0.391. The zero-order valence-electron chi connectivity index (χ0n) is 18.1. The van der Waals surface area contributed by atoms with E-state index in [1.807, 2.05) is 12.1 Å². The number of aliphatic hydroxyl groups excluding tert-OH is 1. The molecule has 0 aliphatic heterocycles. The Morgan fingerprint density at radius 2 is 2.03 bits per heavy atom. The molecule has 0 amide bonds. The van der Waals surface area contributed by atoms with Gasteiger partial charge >= 0.3 is 0 Å². The van der Waals surface area contributed by atoms with Crippen molar-refractivity contribution in [3.8, 4) is 0 Å². The second-order valence-corrected chi connectivity index (χ2v) is 8.12. The molecule has 2 atom stereocenters. The van der Waals surface area contributed by atoms with Crippen LogP contribution in [0.5, 0.6) is 0 Å². The van der Waals surface area contributed by atoms with Crippen molar-refractivity contribution in [3.63, 3.8) is 0 Å². The van der Waals surface area contributed by atoms with E-state index in [4.69, 9.17) is 4.74 Å². The van der Waals surface area contributed by atoms with E-state index in [0.29, 0.717) is 36.9 Å². The first-order valence-corrected chi connectivity index (χ1v) is 11.0. The first-order chi connectivity index (χ1) is 16.1. The van der Waals surface area contributed by atoms with E-state index in [2.05, 4.69) is 30.8 Å². The third-order valence-corrected chi connectivity index (χ3v) is 5.60. The van der Waals surface area contributed by atoms with E-state index in [1.165, 1.54) is 31.3 Å². The van der Waals surface area contributed by atoms with Crippen molar-refractivity contribution in [2.45, 2.75) is 43.7 Å².